The van der Waals surface area contributed by atoms with Gasteiger partial charge in [-0.25, -0.2) is 9.07 Å². The molecule has 0 radical (unpaired) electrons. The van der Waals surface area contributed by atoms with Crippen molar-refractivity contribution in [1.82, 2.24) is 15.1 Å². The third-order valence-corrected chi connectivity index (χ3v) is 3.00. The molecule has 3 N–H and O–H groups in total. The van der Waals surface area contributed by atoms with Gasteiger partial charge in [-0.15, -0.1) is 24.0 Å². The van der Waals surface area contributed by atoms with E-state index in [2.05, 4.69) is 15.4 Å². The minimum atomic E-state index is -0.261. The van der Waals surface area contributed by atoms with Gasteiger partial charge in [-0.3, -0.25) is 4.99 Å². The Bertz CT molecular complexity index is 615. The highest BCUT2D eigenvalue weighted by Crippen LogP contribution is 2.09. The maximum absolute atomic E-state index is 12.9. The van der Waals surface area contributed by atoms with E-state index in [9.17, 15) is 4.39 Å². The third kappa shape index (κ3) is 6.53. The van der Waals surface area contributed by atoms with Gasteiger partial charge < -0.3 is 15.8 Å². The highest BCUT2D eigenvalue weighted by Gasteiger charge is 2.02. The molecule has 126 valence electrons. The third-order valence-electron chi connectivity index (χ3n) is 3.00. The van der Waals surface area contributed by atoms with Gasteiger partial charge in [0, 0.05) is 26.3 Å². The predicted molar refractivity (Wildman–Crippen MR) is 99.0 cm³/mol. The molecule has 0 aliphatic rings. The van der Waals surface area contributed by atoms with Crippen LogP contribution in [0.15, 0.2) is 41.5 Å². The van der Waals surface area contributed by atoms with Crippen molar-refractivity contribution in [2.75, 3.05) is 26.8 Å². The van der Waals surface area contributed by atoms with Gasteiger partial charge in [0.05, 0.1) is 24.5 Å². The number of nitrogens with two attached hydrogens (primary N) is 1. The van der Waals surface area contributed by atoms with Gasteiger partial charge in [-0.2, -0.15) is 5.10 Å². The number of nitrogens with one attached hydrogen (secondary N) is 1. The van der Waals surface area contributed by atoms with Crippen LogP contribution < -0.4 is 11.1 Å². The van der Waals surface area contributed by atoms with E-state index >= 15 is 0 Å². The summed E-state index contributed by atoms with van der Waals surface area (Å²) in [6.07, 6.45) is 2.56. The summed E-state index contributed by atoms with van der Waals surface area (Å²) in [5.74, 6) is 0.138. The first-order valence-electron chi connectivity index (χ1n) is 7.02. The summed E-state index contributed by atoms with van der Waals surface area (Å²) in [6, 6.07) is 8.11. The Balaban J connectivity index is 0.00000264. The van der Waals surface area contributed by atoms with Gasteiger partial charge in [-0.1, -0.05) is 0 Å². The molecule has 6 nitrogen and oxygen atoms in total. The molecule has 0 aliphatic carbocycles. The number of benzene rings is 1. The van der Waals surface area contributed by atoms with Crippen molar-refractivity contribution in [3.63, 3.8) is 0 Å². The lowest BCUT2D eigenvalue weighted by atomic mass is 10.3. The van der Waals surface area contributed by atoms with Crippen LogP contribution in [0.5, 0.6) is 0 Å². The zero-order valence-electron chi connectivity index (χ0n) is 12.9. The zero-order valence-corrected chi connectivity index (χ0v) is 15.2. The van der Waals surface area contributed by atoms with Gasteiger partial charge in [0.15, 0.2) is 5.96 Å². The summed E-state index contributed by atoms with van der Waals surface area (Å²) < 4.78 is 19.5. The van der Waals surface area contributed by atoms with Gasteiger partial charge in [0.1, 0.15) is 5.82 Å². The Morgan fingerprint density at radius 2 is 2.09 bits per heavy atom. The van der Waals surface area contributed by atoms with E-state index in [1.165, 1.54) is 12.1 Å². The molecule has 0 spiro atoms. The molecule has 0 amide bonds. The number of aliphatic imine (C=N–C) groups is 1. The number of hydrogen-bond donors (Lipinski definition) is 2. The van der Waals surface area contributed by atoms with Crippen LogP contribution in [0.2, 0.25) is 0 Å². The molecule has 0 atom stereocenters. The number of nitrogens with zero attached hydrogens (tertiary/aromatic N) is 3. The van der Waals surface area contributed by atoms with Crippen molar-refractivity contribution < 1.29 is 9.13 Å². The fourth-order valence-electron chi connectivity index (χ4n) is 1.86. The quantitative estimate of drug-likeness (QED) is 0.302. The maximum Gasteiger partial charge on any atom is 0.188 e. The van der Waals surface area contributed by atoms with Crippen molar-refractivity contribution >= 4 is 29.9 Å². The van der Waals surface area contributed by atoms with Crippen molar-refractivity contribution in [2.24, 2.45) is 10.7 Å². The lowest BCUT2D eigenvalue weighted by Crippen LogP contribution is -2.33. The van der Waals surface area contributed by atoms with Crippen molar-refractivity contribution in [3.8, 4) is 5.69 Å². The molecule has 1 heterocycles. The summed E-state index contributed by atoms with van der Waals surface area (Å²) >= 11 is 0. The Labute approximate surface area is 151 Å². The highest BCUT2D eigenvalue weighted by molar-refractivity contribution is 14.0. The van der Waals surface area contributed by atoms with Crippen LogP contribution in [0.1, 0.15) is 5.69 Å². The first-order chi connectivity index (χ1) is 10.7. The first-order valence-corrected chi connectivity index (χ1v) is 7.02. The van der Waals surface area contributed by atoms with E-state index in [-0.39, 0.29) is 29.8 Å². The average Bonchev–Trinajstić information content (AvgIpc) is 2.97. The molecule has 0 saturated heterocycles. The summed E-state index contributed by atoms with van der Waals surface area (Å²) in [6.45, 7) is 1.72. The molecule has 1 aromatic heterocycles. The number of methoxy groups -OCH3 is 1. The maximum atomic E-state index is 12.9. The SMILES string of the molecule is COCCN=C(N)NCCc1ccn(-c2ccc(F)cc2)n1.I. The predicted octanol–water partition coefficient (Wildman–Crippen LogP) is 1.72. The average molecular weight is 433 g/mol. The summed E-state index contributed by atoms with van der Waals surface area (Å²) in [5.41, 5.74) is 7.45. The van der Waals surface area contributed by atoms with E-state index in [1.807, 2.05) is 12.3 Å². The number of halogens is 2. The summed E-state index contributed by atoms with van der Waals surface area (Å²) in [5, 5.41) is 7.46. The Morgan fingerprint density at radius 1 is 1.35 bits per heavy atom. The highest BCUT2D eigenvalue weighted by atomic mass is 127. The van der Waals surface area contributed by atoms with Gasteiger partial charge in [-0.05, 0) is 30.3 Å². The van der Waals surface area contributed by atoms with Crippen LogP contribution in [-0.4, -0.2) is 42.5 Å². The molecule has 0 saturated carbocycles. The van der Waals surface area contributed by atoms with Crippen LogP contribution in [-0.2, 0) is 11.2 Å². The molecule has 1 aromatic carbocycles. The molecule has 0 unspecified atom stereocenters. The second-order valence-electron chi connectivity index (χ2n) is 4.66. The molecular formula is C15H21FIN5O. The fraction of sp³-hybridized carbons (Fsp3) is 0.333. The monoisotopic (exact) mass is 433 g/mol. The molecule has 2 rings (SSSR count). The zero-order chi connectivity index (χ0) is 15.8. The molecule has 0 fully saturated rings. The summed E-state index contributed by atoms with van der Waals surface area (Å²) in [7, 11) is 1.62. The number of guanidine groups is 1. The molecule has 0 bridgehead atoms. The number of rotatable bonds is 7. The molecule has 8 heteroatoms. The van der Waals surface area contributed by atoms with E-state index in [1.54, 1.807) is 23.9 Å². The smallest absolute Gasteiger partial charge is 0.188 e. The van der Waals surface area contributed by atoms with Gasteiger partial charge in [0.25, 0.3) is 0 Å². The minimum Gasteiger partial charge on any atom is -0.383 e. The number of ether oxygens (including phenoxy) is 1. The second kappa shape index (κ2) is 10.2. The second-order valence-corrected chi connectivity index (χ2v) is 4.66. The topological polar surface area (TPSA) is 77.5 Å². The van der Waals surface area contributed by atoms with Crippen LogP contribution in [0.4, 0.5) is 4.39 Å². The number of hydrogen-bond acceptors (Lipinski definition) is 3. The van der Waals surface area contributed by atoms with E-state index < -0.39 is 0 Å². The van der Waals surface area contributed by atoms with E-state index in [4.69, 9.17) is 10.5 Å². The van der Waals surface area contributed by atoms with Gasteiger partial charge in [0.2, 0.25) is 0 Å². The molecular weight excluding hydrogens is 412 g/mol. The fourth-order valence-corrected chi connectivity index (χ4v) is 1.86. The molecule has 23 heavy (non-hydrogen) atoms. The van der Waals surface area contributed by atoms with Crippen LogP contribution >= 0.6 is 24.0 Å². The van der Waals surface area contributed by atoms with Crippen LogP contribution in [0.3, 0.4) is 0 Å². The van der Waals surface area contributed by atoms with E-state index in [0.717, 1.165) is 11.4 Å². The Hall–Kier alpha value is -1.68. The largest absolute Gasteiger partial charge is 0.383 e. The molecule has 2 aromatic rings. The Morgan fingerprint density at radius 3 is 2.78 bits per heavy atom. The standard InChI is InChI=1S/C15H20FN5O.HI/c1-22-11-9-19-15(17)18-8-6-13-7-10-21(20-13)14-4-2-12(16)3-5-14;/h2-5,7,10H,6,8-9,11H2,1H3,(H3,17,18,19);1H. The van der Waals surface area contributed by atoms with Gasteiger partial charge >= 0.3 is 0 Å². The Kier molecular flexibility index (Phi) is 8.56. The first kappa shape index (κ1) is 19.4. The lowest BCUT2D eigenvalue weighted by molar-refractivity contribution is 0.208. The van der Waals surface area contributed by atoms with Crippen LogP contribution in [0, 0.1) is 5.82 Å². The summed E-state index contributed by atoms with van der Waals surface area (Å²) in [4.78, 5) is 4.10. The lowest BCUT2D eigenvalue weighted by Gasteiger charge is -2.04. The van der Waals surface area contributed by atoms with Crippen LogP contribution in [0.25, 0.3) is 5.69 Å². The number of aromatic nitrogens is 2. The van der Waals surface area contributed by atoms with Crippen molar-refractivity contribution in [3.05, 3.63) is 48.0 Å². The molecule has 0 aliphatic heterocycles. The van der Waals surface area contributed by atoms with Crippen molar-refractivity contribution in [1.29, 1.82) is 0 Å². The van der Waals surface area contributed by atoms with Crippen molar-refractivity contribution in [2.45, 2.75) is 6.42 Å². The van der Waals surface area contributed by atoms with E-state index in [0.29, 0.717) is 32.1 Å². The normalized spacial score (nSPS) is 11.1. The minimum absolute atomic E-state index is 0.